The number of hydrogen-bond acceptors (Lipinski definition) is 7. The van der Waals surface area contributed by atoms with Crippen LogP contribution in [0.3, 0.4) is 0 Å². The molecule has 0 fully saturated rings. The summed E-state index contributed by atoms with van der Waals surface area (Å²) in [5.41, 5.74) is 15.4. The number of hydrogen-bond donors (Lipinski definition) is 0. The van der Waals surface area contributed by atoms with Crippen LogP contribution in [0, 0.1) is 0 Å². The molecule has 7 heteroatoms. The minimum Gasteiger partial charge on any atom is -0.455 e. The predicted molar refractivity (Wildman–Crippen MR) is 269 cm³/mol. The zero-order valence-corrected chi connectivity index (χ0v) is 36.4. The second-order valence-electron chi connectivity index (χ2n) is 17.3. The van der Waals surface area contributed by atoms with Crippen LogP contribution in [0.25, 0.3) is 113 Å². The Morgan fingerprint density at radius 1 is 0.279 bits per heavy atom. The van der Waals surface area contributed by atoms with E-state index in [0.717, 1.165) is 94.3 Å². The number of fused-ring (bicyclic) bond motifs is 14. The van der Waals surface area contributed by atoms with Crippen LogP contribution in [0.1, 0.15) is 22.3 Å². The lowest BCUT2D eigenvalue weighted by Crippen LogP contribution is -2.26. The molecule has 0 amide bonds. The molecule has 1 unspecified atom stereocenters. The average molecular weight is 869 g/mol. The lowest BCUT2D eigenvalue weighted by Gasteiger charge is -2.30. The zero-order chi connectivity index (χ0) is 44.8. The number of rotatable bonds is 6. The Labute approximate surface area is 391 Å². The van der Waals surface area contributed by atoms with Crippen molar-refractivity contribution >= 4 is 21.9 Å². The van der Waals surface area contributed by atoms with Gasteiger partial charge in [-0.1, -0.05) is 206 Å². The van der Waals surface area contributed by atoms with Crippen LogP contribution in [0.4, 0.5) is 0 Å². The van der Waals surface area contributed by atoms with E-state index >= 15 is 0 Å². The molecule has 0 saturated carbocycles. The monoisotopic (exact) mass is 868 g/mol. The smallest absolute Gasteiger partial charge is 0.164 e. The lowest BCUT2D eigenvalue weighted by molar-refractivity contribution is 0.669. The number of furan rings is 1. The first-order chi connectivity index (χ1) is 33.7. The van der Waals surface area contributed by atoms with Crippen molar-refractivity contribution in [2.75, 3.05) is 0 Å². The summed E-state index contributed by atoms with van der Waals surface area (Å²) in [6, 6.07) is 75.6. The van der Waals surface area contributed by atoms with Gasteiger partial charge in [0.25, 0.3) is 0 Å². The van der Waals surface area contributed by atoms with E-state index in [1.165, 1.54) is 5.56 Å². The summed E-state index contributed by atoms with van der Waals surface area (Å²) in [6.07, 6.45) is 0. The van der Waals surface area contributed by atoms with Crippen LogP contribution in [0.2, 0.25) is 0 Å². The molecule has 12 aromatic rings. The molecule has 1 atom stereocenters. The van der Waals surface area contributed by atoms with Crippen molar-refractivity contribution < 1.29 is 4.42 Å². The van der Waals surface area contributed by atoms with E-state index in [0.29, 0.717) is 34.9 Å². The van der Waals surface area contributed by atoms with Crippen molar-refractivity contribution in [3.63, 3.8) is 0 Å². The molecule has 2 aliphatic carbocycles. The van der Waals surface area contributed by atoms with Gasteiger partial charge < -0.3 is 4.42 Å². The van der Waals surface area contributed by atoms with Gasteiger partial charge in [0.05, 0.1) is 5.41 Å². The highest BCUT2D eigenvalue weighted by Crippen LogP contribution is 2.65. The van der Waals surface area contributed by atoms with Gasteiger partial charge in [0.15, 0.2) is 34.9 Å². The Morgan fingerprint density at radius 3 is 1.34 bits per heavy atom. The molecule has 3 heterocycles. The van der Waals surface area contributed by atoms with Gasteiger partial charge in [-0.3, -0.25) is 0 Å². The Balaban J connectivity index is 1.07. The van der Waals surface area contributed by atoms with Gasteiger partial charge in [-0.2, -0.15) is 0 Å². The van der Waals surface area contributed by atoms with Crippen LogP contribution in [-0.4, -0.2) is 29.9 Å². The van der Waals surface area contributed by atoms with E-state index in [1.54, 1.807) is 0 Å². The van der Waals surface area contributed by atoms with Gasteiger partial charge in [0.1, 0.15) is 11.2 Å². The summed E-state index contributed by atoms with van der Waals surface area (Å²) < 4.78 is 6.88. The molecule has 9 aromatic carbocycles. The van der Waals surface area contributed by atoms with Crippen LogP contribution >= 0.6 is 0 Å². The van der Waals surface area contributed by atoms with Gasteiger partial charge >= 0.3 is 0 Å². The van der Waals surface area contributed by atoms with Crippen LogP contribution in [-0.2, 0) is 5.41 Å². The topological polar surface area (TPSA) is 90.5 Å². The highest BCUT2D eigenvalue weighted by Gasteiger charge is 2.53. The number of benzene rings is 9. The van der Waals surface area contributed by atoms with Crippen molar-refractivity contribution in [2.24, 2.45) is 0 Å². The molecule has 1 spiro atoms. The summed E-state index contributed by atoms with van der Waals surface area (Å²) in [4.78, 5) is 31.1. The highest BCUT2D eigenvalue weighted by molar-refractivity contribution is 6.13. The lowest BCUT2D eigenvalue weighted by atomic mass is 9.70. The largest absolute Gasteiger partial charge is 0.455 e. The highest BCUT2D eigenvalue weighted by atomic mass is 16.3. The number of nitrogens with zero attached hydrogens (tertiary/aromatic N) is 6. The van der Waals surface area contributed by atoms with Gasteiger partial charge in [-0.05, 0) is 51.1 Å². The van der Waals surface area contributed by atoms with E-state index in [1.807, 2.05) is 127 Å². The SMILES string of the molecule is c1ccc(-c2nc(-c3ccccc3)nc(-c3ccc4c(c3)C3(c5ccccc5-c5c3ccc3c5oc5ccccc53)c3cccc(-c5nc(-c6ccccc6)nc(-c6ccccc6)n5)c3-4)n2)cc1. The molecule has 316 valence electrons. The minimum atomic E-state index is -0.773. The predicted octanol–water partition coefficient (Wildman–Crippen LogP) is 14.3. The molecule has 14 rings (SSSR count). The standard InChI is InChI=1S/C61H36N6O/c1-5-18-37(19-6-1)55-62-56(38-20-7-2-8-21-38)65-59(64-55)41-32-33-45-50(36-41)61(47-29-15-13-27-44(47)53-49(61)35-34-43-42-26-14-16-31-51(42)68-54(43)53)48-30-17-28-46(52(45)48)60-66-57(39-22-9-3-10-23-39)63-58(67-60)40-24-11-4-12-25-40/h1-36H. The van der Waals surface area contributed by atoms with E-state index in [2.05, 4.69) is 91.0 Å². The summed E-state index contributed by atoms with van der Waals surface area (Å²) in [5.74, 6) is 3.62. The first kappa shape index (κ1) is 38.1. The second-order valence-corrected chi connectivity index (χ2v) is 17.3. The van der Waals surface area contributed by atoms with Crippen molar-refractivity contribution in [1.82, 2.24) is 29.9 Å². The molecule has 0 saturated heterocycles. The Hall–Kier alpha value is -9.20. The van der Waals surface area contributed by atoms with E-state index in [-0.39, 0.29) is 0 Å². The molecule has 7 nitrogen and oxygen atoms in total. The number of para-hydroxylation sites is 1. The number of aromatic nitrogens is 6. The summed E-state index contributed by atoms with van der Waals surface area (Å²) in [7, 11) is 0. The van der Waals surface area contributed by atoms with Gasteiger partial charge in [0, 0.05) is 49.7 Å². The fourth-order valence-electron chi connectivity index (χ4n) is 10.7. The van der Waals surface area contributed by atoms with Gasteiger partial charge in [0.2, 0.25) is 0 Å². The summed E-state index contributed by atoms with van der Waals surface area (Å²) >= 11 is 0. The Bertz CT molecular complexity index is 3850. The minimum absolute atomic E-state index is 0.587. The normalized spacial score (nSPS) is 14.2. The van der Waals surface area contributed by atoms with Crippen molar-refractivity contribution in [2.45, 2.75) is 5.41 Å². The summed E-state index contributed by atoms with van der Waals surface area (Å²) in [5, 5.41) is 2.18. The van der Waals surface area contributed by atoms with Crippen molar-refractivity contribution in [1.29, 1.82) is 0 Å². The molecular weight excluding hydrogens is 833 g/mol. The fraction of sp³-hybridized carbons (Fsp3) is 0.0164. The van der Waals surface area contributed by atoms with Crippen LogP contribution in [0.15, 0.2) is 223 Å². The molecule has 0 N–H and O–H groups in total. The molecule has 0 bridgehead atoms. The van der Waals surface area contributed by atoms with Crippen LogP contribution in [0.5, 0.6) is 0 Å². The molecular formula is C61H36N6O. The summed E-state index contributed by atoms with van der Waals surface area (Å²) in [6.45, 7) is 0. The second kappa shape index (κ2) is 14.9. The maximum Gasteiger partial charge on any atom is 0.164 e. The van der Waals surface area contributed by atoms with Gasteiger partial charge in [-0.25, -0.2) is 29.9 Å². The Morgan fingerprint density at radius 2 is 0.735 bits per heavy atom. The van der Waals surface area contributed by atoms with E-state index in [4.69, 9.17) is 34.3 Å². The van der Waals surface area contributed by atoms with Crippen LogP contribution < -0.4 is 0 Å². The quantitative estimate of drug-likeness (QED) is 0.164. The molecule has 2 aliphatic rings. The first-order valence-electron chi connectivity index (χ1n) is 22.8. The molecule has 3 aromatic heterocycles. The average Bonchev–Trinajstić information content (AvgIpc) is 4.05. The molecule has 0 radical (unpaired) electrons. The molecule has 68 heavy (non-hydrogen) atoms. The van der Waals surface area contributed by atoms with Gasteiger partial charge in [-0.15, -0.1) is 0 Å². The maximum absolute atomic E-state index is 6.88. The third-order valence-electron chi connectivity index (χ3n) is 13.6. The first-order valence-corrected chi connectivity index (χ1v) is 22.8. The van der Waals surface area contributed by atoms with Crippen molar-refractivity contribution in [3.8, 4) is 90.6 Å². The van der Waals surface area contributed by atoms with Crippen molar-refractivity contribution in [3.05, 3.63) is 241 Å². The molecule has 0 aliphatic heterocycles. The van der Waals surface area contributed by atoms with E-state index < -0.39 is 5.41 Å². The fourth-order valence-corrected chi connectivity index (χ4v) is 10.7. The maximum atomic E-state index is 6.88. The third-order valence-corrected chi connectivity index (χ3v) is 13.6. The third kappa shape index (κ3) is 5.66. The Kier molecular flexibility index (Phi) is 8.36. The zero-order valence-electron chi connectivity index (χ0n) is 36.4. The van der Waals surface area contributed by atoms with E-state index in [9.17, 15) is 0 Å².